The molecule has 0 amide bonds. The Morgan fingerprint density at radius 2 is 2.12 bits per heavy atom. The number of ether oxygens (including phenoxy) is 1. The molecule has 0 saturated carbocycles. The quantitative estimate of drug-likeness (QED) is 0.605. The van der Waals surface area contributed by atoms with E-state index >= 15 is 0 Å². The van der Waals surface area contributed by atoms with Gasteiger partial charge in [0.2, 0.25) is 0 Å². The van der Waals surface area contributed by atoms with Crippen molar-refractivity contribution in [3.8, 4) is 5.75 Å². The average molecular weight is 281 g/mol. The number of Topliss-reactive ketones (excluding diaryl/α,β-unsaturated/α-hetero) is 1. The van der Waals surface area contributed by atoms with Gasteiger partial charge in [0.25, 0.3) is 0 Å². The lowest BCUT2D eigenvalue weighted by molar-refractivity contribution is -0.116. The molecule has 1 rings (SSSR count). The maximum atomic E-state index is 12.2. The number of carbonyl (C=O) groups is 1. The van der Waals surface area contributed by atoms with E-state index in [0.717, 1.165) is 4.90 Å². The van der Waals surface area contributed by atoms with Crippen LogP contribution in [0.25, 0.3) is 0 Å². The molecule has 94 valence electrons. The summed E-state index contributed by atoms with van der Waals surface area (Å²) in [6.07, 6.45) is 1.81. The number of ketones is 1. The van der Waals surface area contributed by atoms with Crippen molar-refractivity contribution < 1.29 is 18.3 Å². The number of carbonyl (C=O) groups excluding carboxylic acids is 1. The minimum atomic E-state index is -2.94. The summed E-state index contributed by atoms with van der Waals surface area (Å²) >= 11 is 7.23. The number of alkyl halides is 3. The first-order chi connectivity index (χ1) is 7.95. The molecule has 0 aliphatic heterocycles. The van der Waals surface area contributed by atoms with E-state index in [-0.39, 0.29) is 17.1 Å². The summed E-state index contributed by atoms with van der Waals surface area (Å²) in [6.45, 7) is -1.64. The molecule has 0 aliphatic rings. The second-order valence-electron chi connectivity index (χ2n) is 3.26. The van der Waals surface area contributed by atoms with Gasteiger partial charge in [-0.2, -0.15) is 8.78 Å². The summed E-state index contributed by atoms with van der Waals surface area (Å²) in [7, 11) is 0. The molecule has 1 aromatic carbocycles. The maximum Gasteiger partial charge on any atom is 0.387 e. The minimum Gasteiger partial charge on any atom is -0.434 e. The number of halogens is 3. The van der Waals surface area contributed by atoms with Crippen LogP contribution in [0.2, 0.25) is 0 Å². The Kier molecular flexibility index (Phi) is 5.21. The smallest absolute Gasteiger partial charge is 0.387 e. The van der Waals surface area contributed by atoms with E-state index in [9.17, 15) is 13.6 Å². The maximum absolute atomic E-state index is 12.2. The minimum absolute atomic E-state index is 0.0537. The zero-order valence-electron chi connectivity index (χ0n) is 9.25. The van der Waals surface area contributed by atoms with Crippen molar-refractivity contribution in [2.24, 2.45) is 0 Å². The van der Waals surface area contributed by atoms with Crippen LogP contribution >= 0.6 is 23.4 Å². The second-order valence-corrected chi connectivity index (χ2v) is 4.57. The van der Waals surface area contributed by atoms with E-state index in [2.05, 4.69) is 4.74 Å². The Hall–Kier alpha value is -0.810. The highest BCUT2D eigenvalue weighted by molar-refractivity contribution is 7.98. The van der Waals surface area contributed by atoms with E-state index in [0.29, 0.717) is 0 Å². The van der Waals surface area contributed by atoms with Crippen LogP contribution in [0.3, 0.4) is 0 Å². The van der Waals surface area contributed by atoms with E-state index < -0.39 is 12.0 Å². The topological polar surface area (TPSA) is 26.3 Å². The molecule has 6 heteroatoms. The van der Waals surface area contributed by atoms with Gasteiger partial charge in [-0.1, -0.05) is 6.07 Å². The molecule has 2 nitrogen and oxygen atoms in total. The third-order valence-electron chi connectivity index (χ3n) is 2.07. The Balaban J connectivity index is 3.14. The Morgan fingerprint density at radius 3 is 2.59 bits per heavy atom. The molecular weight excluding hydrogens is 270 g/mol. The lowest BCUT2D eigenvalue weighted by Gasteiger charge is -2.14. The molecule has 1 aromatic rings. The zero-order valence-corrected chi connectivity index (χ0v) is 10.8. The SMILES string of the molecule is CSc1ccc(C(Cl)C(C)=O)c(OC(F)F)c1. The van der Waals surface area contributed by atoms with Gasteiger partial charge in [-0.05, 0) is 25.3 Å². The van der Waals surface area contributed by atoms with Crippen molar-refractivity contribution in [3.05, 3.63) is 23.8 Å². The molecule has 0 saturated heterocycles. The highest BCUT2D eigenvalue weighted by atomic mass is 35.5. The van der Waals surface area contributed by atoms with Crippen LogP contribution < -0.4 is 4.74 Å². The third-order valence-corrected chi connectivity index (χ3v) is 3.33. The molecule has 0 spiro atoms. The van der Waals surface area contributed by atoms with Gasteiger partial charge in [0.15, 0.2) is 5.78 Å². The van der Waals surface area contributed by atoms with Gasteiger partial charge in [0.05, 0.1) is 0 Å². The lowest BCUT2D eigenvalue weighted by atomic mass is 10.1. The predicted octanol–water partition coefficient (Wildman–Crippen LogP) is 3.88. The van der Waals surface area contributed by atoms with Crippen molar-refractivity contribution in [2.75, 3.05) is 6.26 Å². The standard InChI is InChI=1S/C11H11ClF2O2S/c1-6(15)10(12)8-4-3-7(17-2)5-9(8)16-11(13)14/h3-5,10-11H,1-2H3. The van der Waals surface area contributed by atoms with Crippen LogP contribution in [-0.4, -0.2) is 18.7 Å². The summed E-state index contributed by atoms with van der Waals surface area (Å²) in [5, 5.41) is -0.973. The zero-order chi connectivity index (χ0) is 13.0. The Morgan fingerprint density at radius 1 is 1.47 bits per heavy atom. The second kappa shape index (κ2) is 6.21. The van der Waals surface area contributed by atoms with Crippen LogP contribution in [-0.2, 0) is 4.79 Å². The number of hydrogen-bond donors (Lipinski definition) is 0. The fourth-order valence-corrected chi connectivity index (χ4v) is 1.88. The number of benzene rings is 1. The van der Waals surface area contributed by atoms with Gasteiger partial charge in [0.1, 0.15) is 11.1 Å². The van der Waals surface area contributed by atoms with E-state index in [1.54, 1.807) is 6.07 Å². The van der Waals surface area contributed by atoms with Crippen LogP contribution in [0.5, 0.6) is 5.75 Å². The van der Waals surface area contributed by atoms with Crippen LogP contribution in [0, 0.1) is 0 Å². The molecule has 0 aliphatic carbocycles. The van der Waals surface area contributed by atoms with Crippen LogP contribution in [0.4, 0.5) is 8.78 Å². The molecule has 0 N–H and O–H groups in total. The van der Waals surface area contributed by atoms with Crippen LogP contribution in [0.1, 0.15) is 17.9 Å². The van der Waals surface area contributed by atoms with Crippen molar-refractivity contribution in [3.63, 3.8) is 0 Å². The van der Waals surface area contributed by atoms with Gasteiger partial charge in [-0.3, -0.25) is 4.79 Å². The van der Waals surface area contributed by atoms with Crippen molar-refractivity contribution in [1.82, 2.24) is 0 Å². The summed E-state index contributed by atoms with van der Waals surface area (Å²) in [5.74, 6) is -0.371. The van der Waals surface area contributed by atoms with Crippen molar-refractivity contribution in [1.29, 1.82) is 0 Å². The van der Waals surface area contributed by atoms with E-state index in [1.807, 2.05) is 6.26 Å². The molecule has 0 heterocycles. The highest BCUT2D eigenvalue weighted by Gasteiger charge is 2.20. The monoisotopic (exact) mass is 280 g/mol. The van der Waals surface area contributed by atoms with Crippen LogP contribution in [0.15, 0.2) is 23.1 Å². The number of thioether (sulfide) groups is 1. The Labute approximate surface area is 107 Å². The van der Waals surface area contributed by atoms with Gasteiger partial charge >= 0.3 is 6.61 Å². The fourth-order valence-electron chi connectivity index (χ4n) is 1.27. The summed E-state index contributed by atoms with van der Waals surface area (Å²) < 4.78 is 28.9. The largest absolute Gasteiger partial charge is 0.434 e. The van der Waals surface area contributed by atoms with E-state index in [4.69, 9.17) is 11.6 Å². The van der Waals surface area contributed by atoms with Gasteiger partial charge in [-0.15, -0.1) is 23.4 Å². The first-order valence-electron chi connectivity index (χ1n) is 4.73. The molecule has 1 unspecified atom stereocenters. The van der Waals surface area contributed by atoms with Gasteiger partial charge < -0.3 is 4.74 Å². The van der Waals surface area contributed by atoms with Gasteiger partial charge in [0, 0.05) is 10.5 Å². The molecule has 0 radical (unpaired) electrons. The summed E-state index contributed by atoms with van der Waals surface area (Å²) in [5.41, 5.74) is 0.261. The van der Waals surface area contributed by atoms with E-state index in [1.165, 1.54) is 30.8 Å². The molecule has 0 bridgehead atoms. The summed E-state index contributed by atoms with van der Waals surface area (Å²) in [4.78, 5) is 11.9. The Bertz CT molecular complexity index is 412. The number of hydrogen-bond acceptors (Lipinski definition) is 3. The molecule has 17 heavy (non-hydrogen) atoms. The van der Waals surface area contributed by atoms with Crippen molar-refractivity contribution >= 4 is 29.1 Å². The first-order valence-corrected chi connectivity index (χ1v) is 6.39. The highest BCUT2D eigenvalue weighted by Crippen LogP contribution is 2.34. The predicted molar refractivity (Wildman–Crippen MR) is 64.1 cm³/mol. The molecule has 0 fully saturated rings. The molecule has 1 atom stereocenters. The first kappa shape index (κ1) is 14.3. The molecule has 0 aromatic heterocycles. The van der Waals surface area contributed by atoms with Crippen molar-refractivity contribution in [2.45, 2.75) is 23.8 Å². The summed E-state index contributed by atoms with van der Waals surface area (Å²) in [6, 6.07) is 4.68. The molecular formula is C11H11ClF2O2S. The van der Waals surface area contributed by atoms with Gasteiger partial charge in [-0.25, -0.2) is 0 Å². The average Bonchev–Trinajstić information content (AvgIpc) is 2.27. The normalized spacial score (nSPS) is 12.6. The number of rotatable bonds is 5. The third kappa shape index (κ3) is 3.85. The fraction of sp³-hybridized carbons (Fsp3) is 0.364. The lowest BCUT2D eigenvalue weighted by Crippen LogP contribution is -2.08.